The van der Waals surface area contributed by atoms with Crippen LogP contribution < -0.4 is 5.32 Å². The van der Waals surface area contributed by atoms with Gasteiger partial charge in [-0.3, -0.25) is 0 Å². The molecule has 1 atom stereocenters. The molecule has 0 aromatic carbocycles. The molecule has 1 unspecified atom stereocenters. The van der Waals surface area contributed by atoms with Gasteiger partial charge in [-0.1, -0.05) is 5.16 Å². The summed E-state index contributed by atoms with van der Waals surface area (Å²) in [5.74, 6) is 0.622. The third kappa shape index (κ3) is 1.34. The summed E-state index contributed by atoms with van der Waals surface area (Å²) in [6.07, 6.45) is 2.79. The van der Waals surface area contributed by atoms with Crippen LogP contribution in [0.25, 0.3) is 5.82 Å². The summed E-state index contributed by atoms with van der Waals surface area (Å²) in [7, 11) is 0. The molecule has 0 spiro atoms. The topological polar surface area (TPSA) is 76.1 Å². The van der Waals surface area contributed by atoms with Gasteiger partial charge in [-0.25, -0.2) is 4.68 Å². The fraction of sp³-hybridized carbons (Fsp3) is 0.333. The minimum atomic E-state index is -0.491. The molecule has 0 saturated carbocycles. The molecule has 15 heavy (non-hydrogen) atoms. The molecule has 2 aromatic heterocycles. The van der Waals surface area contributed by atoms with E-state index in [1.165, 1.54) is 6.26 Å². The lowest BCUT2D eigenvalue weighted by Crippen LogP contribution is -2.27. The summed E-state index contributed by atoms with van der Waals surface area (Å²) in [5, 5.41) is 20.9. The predicted molar refractivity (Wildman–Crippen MR) is 50.3 cm³/mol. The molecular formula is C9H10N4O2. The number of nitrogens with one attached hydrogen (secondary N) is 1. The SMILES string of the molecule is OC1CNCc2nn(-c3ccon3)cc21. The van der Waals surface area contributed by atoms with E-state index in [9.17, 15) is 5.11 Å². The molecule has 6 heteroatoms. The average Bonchev–Trinajstić information content (AvgIpc) is 2.86. The van der Waals surface area contributed by atoms with Gasteiger partial charge in [0.05, 0.1) is 11.8 Å². The van der Waals surface area contributed by atoms with E-state index >= 15 is 0 Å². The highest BCUT2D eigenvalue weighted by atomic mass is 16.5. The molecule has 2 N–H and O–H groups in total. The largest absolute Gasteiger partial charge is 0.387 e. The second-order valence-electron chi connectivity index (χ2n) is 3.48. The highest BCUT2D eigenvalue weighted by Crippen LogP contribution is 2.21. The second-order valence-corrected chi connectivity index (χ2v) is 3.48. The van der Waals surface area contributed by atoms with Gasteiger partial charge in [0.25, 0.3) is 0 Å². The van der Waals surface area contributed by atoms with Crippen LogP contribution in [0.2, 0.25) is 0 Å². The fourth-order valence-electron chi connectivity index (χ4n) is 1.72. The number of aliphatic hydroxyl groups is 1. The van der Waals surface area contributed by atoms with Crippen molar-refractivity contribution in [1.82, 2.24) is 20.3 Å². The monoisotopic (exact) mass is 206 g/mol. The van der Waals surface area contributed by atoms with Crippen molar-refractivity contribution in [3.8, 4) is 5.82 Å². The molecular weight excluding hydrogens is 196 g/mol. The molecule has 0 radical (unpaired) electrons. The van der Waals surface area contributed by atoms with Crippen molar-refractivity contribution in [3.05, 3.63) is 29.8 Å². The van der Waals surface area contributed by atoms with Gasteiger partial charge in [-0.15, -0.1) is 0 Å². The maximum Gasteiger partial charge on any atom is 0.196 e. The number of nitrogens with zero attached hydrogens (tertiary/aromatic N) is 3. The Morgan fingerprint density at radius 1 is 1.60 bits per heavy atom. The number of hydrogen-bond acceptors (Lipinski definition) is 5. The van der Waals surface area contributed by atoms with Gasteiger partial charge in [-0.2, -0.15) is 5.10 Å². The quantitative estimate of drug-likeness (QED) is 0.686. The van der Waals surface area contributed by atoms with Crippen LogP contribution in [0.3, 0.4) is 0 Å². The van der Waals surface area contributed by atoms with Crippen LogP contribution in [0.15, 0.2) is 23.0 Å². The first-order valence-electron chi connectivity index (χ1n) is 4.72. The van der Waals surface area contributed by atoms with Gasteiger partial charge < -0.3 is 14.9 Å². The van der Waals surface area contributed by atoms with Crippen molar-refractivity contribution in [3.63, 3.8) is 0 Å². The Labute approximate surface area is 85.5 Å². The van der Waals surface area contributed by atoms with Crippen LogP contribution in [-0.4, -0.2) is 26.6 Å². The Kier molecular flexibility index (Phi) is 1.83. The van der Waals surface area contributed by atoms with Gasteiger partial charge in [0.15, 0.2) is 5.82 Å². The molecule has 1 aliphatic rings. The summed E-state index contributed by atoms with van der Waals surface area (Å²) in [6, 6.07) is 1.72. The van der Waals surface area contributed by atoms with Crippen molar-refractivity contribution < 1.29 is 9.63 Å². The molecule has 0 fully saturated rings. The van der Waals surface area contributed by atoms with Gasteiger partial charge in [0, 0.05) is 30.9 Å². The number of β-amino-alcohol motifs (C(OH)–C–C–N with tert-alkyl or cyclic N) is 1. The second kappa shape index (κ2) is 3.18. The molecule has 0 amide bonds. The molecule has 6 nitrogen and oxygen atoms in total. The van der Waals surface area contributed by atoms with Crippen LogP contribution in [0.4, 0.5) is 0 Å². The zero-order chi connectivity index (χ0) is 10.3. The lowest BCUT2D eigenvalue weighted by molar-refractivity contribution is 0.165. The van der Waals surface area contributed by atoms with E-state index in [2.05, 4.69) is 15.6 Å². The van der Waals surface area contributed by atoms with E-state index in [-0.39, 0.29) is 0 Å². The highest BCUT2D eigenvalue weighted by molar-refractivity contribution is 5.27. The van der Waals surface area contributed by atoms with Crippen molar-refractivity contribution in [2.45, 2.75) is 12.6 Å². The minimum absolute atomic E-state index is 0.491. The first-order valence-corrected chi connectivity index (χ1v) is 4.72. The van der Waals surface area contributed by atoms with Crippen molar-refractivity contribution >= 4 is 0 Å². The Morgan fingerprint density at radius 2 is 2.53 bits per heavy atom. The Morgan fingerprint density at radius 3 is 3.27 bits per heavy atom. The first-order chi connectivity index (χ1) is 7.34. The summed E-state index contributed by atoms with van der Waals surface area (Å²) in [5.41, 5.74) is 1.72. The normalized spacial score (nSPS) is 20.2. The summed E-state index contributed by atoms with van der Waals surface area (Å²) in [6.45, 7) is 1.24. The number of aliphatic hydroxyl groups excluding tert-OH is 1. The maximum absolute atomic E-state index is 9.71. The molecule has 0 aliphatic carbocycles. The number of fused-ring (bicyclic) bond motifs is 1. The third-order valence-corrected chi connectivity index (χ3v) is 2.47. The predicted octanol–water partition coefficient (Wildman–Crippen LogP) is -0.00310. The molecule has 78 valence electrons. The summed E-state index contributed by atoms with van der Waals surface area (Å²) < 4.78 is 6.35. The standard InChI is InChI=1S/C9H10N4O2/c14-8-4-10-3-7-6(8)5-13(11-7)9-1-2-15-12-9/h1-2,5,8,10,14H,3-4H2. The highest BCUT2D eigenvalue weighted by Gasteiger charge is 2.21. The lowest BCUT2D eigenvalue weighted by Gasteiger charge is -2.16. The zero-order valence-corrected chi connectivity index (χ0v) is 7.92. The molecule has 0 saturated heterocycles. The zero-order valence-electron chi connectivity index (χ0n) is 7.92. The van der Waals surface area contributed by atoms with Gasteiger partial charge in [0.1, 0.15) is 6.26 Å². The third-order valence-electron chi connectivity index (χ3n) is 2.47. The Balaban J connectivity index is 2.06. The summed E-state index contributed by atoms with van der Waals surface area (Å²) in [4.78, 5) is 0. The number of hydrogen-bond donors (Lipinski definition) is 2. The van der Waals surface area contributed by atoms with Crippen LogP contribution in [0, 0.1) is 0 Å². The van der Waals surface area contributed by atoms with Crippen LogP contribution >= 0.6 is 0 Å². The van der Waals surface area contributed by atoms with Crippen LogP contribution in [0.1, 0.15) is 17.4 Å². The van der Waals surface area contributed by atoms with E-state index in [0.717, 1.165) is 11.3 Å². The van der Waals surface area contributed by atoms with Crippen molar-refractivity contribution in [2.75, 3.05) is 6.54 Å². The van der Waals surface area contributed by atoms with Gasteiger partial charge in [-0.05, 0) is 0 Å². The van der Waals surface area contributed by atoms with E-state index in [0.29, 0.717) is 18.9 Å². The van der Waals surface area contributed by atoms with E-state index < -0.39 is 6.10 Å². The fourth-order valence-corrected chi connectivity index (χ4v) is 1.72. The molecule has 3 heterocycles. The van der Waals surface area contributed by atoms with Crippen LogP contribution in [-0.2, 0) is 6.54 Å². The number of rotatable bonds is 1. The molecule has 3 rings (SSSR count). The Hall–Kier alpha value is -1.66. The lowest BCUT2D eigenvalue weighted by atomic mass is 10.1. The minimum Gasteiger partial charge on any atom is -0.387 e. The molecule has 1 aliphatic heterocycles. The average molecular weight is 206 g/mol. The van der Waals surface area contributed by atoms with Gasteiger partial charge >= 0.3 is 0 Å². The first kappa shape index (κ1) is 8.63. The van der Waals surface area contributed by atoms with E-state index in [1.54, 1.807) is 16.9 Å². The van der Waals surface area contributed by atoms with Gasteiger partial charge in [0.2, 0.25) is 0 Å². The van der Waals surface area contributed by atoms with Crippen molar-refractivity contribution in [1.29, 1.82) is 0 Å². The van der Waals surface area contributed by atoms with E-state index in [4.69, 9.17) is 4.52 Å². The maximum atomic E-state index is 9.71. The molecule has 2 aromatic rings. The van der Waals surface area contributed by atoms with Crippen LogP contribution in [0.5, 0.6) is 0 Å². The summed E-state index contributed by atoms with van der Waals surface area (Å²) >= 11 is 0. The smallest absolute Gasteiger partial charge is 0.196 e. The molecule has 0 bridgehead atoms. The Bertz CT molecular complexity index is 462. The van der Waals surface area contributed by atoms with E-state index in [1.807, 2.05) is 0 Å². The van der Waals surface area contributed by atoms with Crippen molar-refractivity contribution in [2.24, 2.45) is 0 Å². The number of aromatic nitrogens is 3.